The minimum absolute atomic E-state index is 0.0371. The van der Waals surface area contributed by atoms with Crippen LogP contribution in [0.2, 0.25) is 0 Å². The lowest BCUT2D eigenvalue weighted by Crippen LogP contribution is -2.41. The first-order valence-corrected chi connectivity index (χ1v) is 9.05. The fraction of sp³-hybridized carbons (Fsp3) is 0.438. The first-order valence-electron chi connectivity index (χ1n) is 7.56. The number of nitrogens with one attached hydrogen (secondary N) is 1. The van der Waals surface area contributed by atoms with E-state index >= 15 is 0 Å². The van der Waals surface area contributed by atoms with E-state index in [1.165, 1.54) is 12.5 Å². The van der Waals surface area contributed by atoms with E-state index in [1.807, 2.05) is 51.1 Å². The van der Waals surface area contributed by atoms with Gasteiger partial charge in [0.1, 0.15) is 0 Å². The van der Waals surface area contributed by atoms with Crippen molar-refractivity contribution in [3.63, 3.8) is 0 Å². The van der Waals surface area contributed by atoms with Gasteiger partial charge in [0.25, 0.3) is 10.0 Å². The van der Waals surface area contributed by atoms with Gasteiger partial charge in [0.05, 0.1) is 19.0 Å². The molecule has 2 atom stereocenters. The number of aliphatic hydroxyl groups is 1. The van der Waals surface area contributed by atoms with Crippen LogP contribution in [-0.2, 0) is 10.0 Å². The van der Waals surface area contributed by atoms with Gasteiger partial charge >= 0.3 is 0 Å². The van der Waals surface area contributed by atoms with Crippen LogP contribution in [0.5, 0.6) is 0 Å². The molecule has 2 aromatic rings. The number of aliphatic hydroxyl groups excluding tert-OH is 1. The molecule has 23 heavy (non-hydrogen) atoms. The smallest absolute Gasteiger partial charge is 0.259 e. The molecule has 7 heteroatoms. The molecule has 1 aromatic heterocycles. The zero-order valence-electron chi connectivity index (χ0n) is 13.5. The molecule has 0 aliphatic carbocycles. The molecule has 0 aliphatic heterocycles. The van der Waals surface area contributed by atoms with E-state index in [4.69, 9.17) is 0 Å². The highest BCUT2D eigenvalue weighted by Crippen LogP contribution is 2.20. The summed E-state index contributed by atoms with van der Waals surface area (Å²) >= 11 is 0. The second kappa shape index (κ2) is 7.25. The van der Waals surface area contributed by atoms with Crippen LogP contribution < -0.4 is 4.72 Å². The van der Waals surface area contributed by atoms with E-state index in [2.05, 4.69) is 9.71 Å². The second-order valence-corrected chi connectivity index (χ2v) is 7.52. The summed E-state index contributed by atoms with van der Waals surface area (Å²) in [4.78, 5) is 3.96. The van der Waals surface area contributed by atoms with Crippen molar-refractivity contribution in [3.05, 3.63) is 48.4 Å². The standard InChI is InChI=1S/C16H23N3O3S/c1-12(2)19-9-16(17-11-19)23(21,22)18-15(10-20)13(3)14-7-5-4-6-8-14/h4-9,11-13,15,18,20H,10H2,1-3H3/t13-,15-/m0/s1. The SMILES string of the molecule is CC(C)n1cnc(S(=O)(=O)N[C@@H](CO)[C@@H](C)c2ccccc2)c1. The van der Waals surface area contributed by atoms with Crippen molar-refractivity contribution < 1.29 is 13.5 Å². The largest absolute Gasteiger partial charge is 0.395 e. The third-order valence-corrected chi connectivity index (χ3v) is 5.26. The number of aromatic nitrogens is 2. The predicted molar refractivity (Wildman–Crippen MR) is 88.7 cm³/mol. The molecule has 0 saturated carbocycles. The van der Waals surface area contributed by atoms with E-state index in [0.29, 0.717) is 0 Å². The molecule has 0 saturated heterocycles. The molecule has 126 valence electrons. The quantitative estimate of drug-likeness (QED) is 0.808. The first kappa shape index (κ1) is 17.7. The maximum atomic E-state index is 12.5. The van der Waals surface area contributed by atoms with Gasteiger partial charge in [-0.25, -0.2) is 18.1 Å². The van der Waals surface area contributed by atoms with Crippen LogP contribution in [0.1, 0.15) is 38.3 Å². The van der Waals surface area contributed by atoms with Gasteiger partial charge in [-0.1, -0.05) is 37.3 Å². The summed E-state index contributed by atoms with van der Waals surface area (Å²) in [6.07, 6.45) is 2.99. The predicted octanol–water partition coefficient (Wildman–Crippen LogP) is 1.91. The van der Waals surface area contributed by atoms with Gasteiger partial charge in [0, 0.05) is 12.2 Å². The summed E-state index contributed by atoms with van der Waals surface area (Å²) in [6.45, 7) is 5.48. The molecular weight excluding hydrogens is 314 g/mol. The second-order valence-electron chi connectivity index (χ2n) is 5.86. The van der Waals surface area contributed by atoms with Gasteiger partial charge in [-0.05, 0) is 25.3 Å². The molecule has 1 aromatic carbocycles. The molecule has 0 amide bonds. The van der Waals surface area contributed by atoms with Crippen LogP contribution in [0, 0.1) is 0 Å². The van der Waals surface area contributed by atoms with Gasteiger partial charge < -0.3 is 9.67 Å². The summed E-state index contributed by atoms with van der Waals surface area (Å²) in [5.41, 5.74) is 0.960. The highest BCUT2D eigenvalue weighted by Gasteiger charge is 2.26. The maximum Gasteiger partial charge on any atom is 0.259 e. The third-order valence-electron chi connectivity index (χ3n) is 3.88. The monoisotopic (exact) mass is 337 g/mol. The minimum Gasteiger partial charge on any atom is -0.395 e. The Bertz CT molecular complexity index is 726. The number of rotatable bonds is 7. The lowest BCUT2D eigenvalue weighted by atomic mass is 9.94. The topological polar surface area (TPSA) is 84.2 Å². The Labute approximate surface area is 137 Å². The maximum absolute atomic E-state index is 12.5. The highest BCUT2D eigenvalue weighted by atomic mass is 32.2. The average molecular weight is 337 g/mol. The van der Waals surface area contributed by atoms with E-state index in [9.17, 15) is 13.5 Å². The molecule has 1 heterocycles. The average Bonchev–Trinajstić information content (AvgIpc) is 3.04. The molecule has 0 fully saturated rings. The number of imidazole rings is 1. The fourth-order valence-electron chi connectivity index (χ4n) is 2.28. The Balaban J connectivity index is 2.19. The van der Waals surface area contributed by atoms with Crippen LogP contribution in [0.4, 0.5) is 0 Å². The van der Waals surface area contributed by atoms with E-state index in [1.54, 1.807) is 4.57 Å². The van der Waals surface area contributed by atoms with Gasteiger partial charge in [-0.2, -0.15) is 0 Å². The van der Waals surface area contributed by atoms with Crippen LogP contribution in [0.25, 0.3) is 0 Å². The van der Waals surface area contributed by atoms with Crippen LogP contribution in [0.15, 0.2) is 47.9 Å². The molecule has 2 N–H and O–H groups in total. The lowest BCUT2D eigenvalue weighted by molar-refractivity contribution is 0.242. The molecule has 0 unspecified atom stereocenters. The number of nitrogens with zero attached hydrogens (tertiary/aromatic N) is 2. The van der Waals surface area contributed by atoms with Gasteiger partial charge in [-0.15, -0.1) is 0 Å². The van der Waals surface area contributed by atoms with Gasteiger partial charge in [0.15, 0.2) is 5.03 Å². The molecule has 6 nitrogen and oxygen atoms in total. The van der Waals surface area contributed by atoms with Crippen LogP contribution in [0.3, 0.4) is 0 Å². The van der Waals surface area contributed by atoms with Crippen molar-refractivity contribution in [2.75, 3.05) is 6.61 Å². The number of hydrogen-bond acceptors (Lipinski definition) is 4. The Morgan fingerprint density at radius 2 is 1.87 bits per heavy atom. The zero-order chi connectivity index (χ0) is 17.0. The first-order chi connectivity index (χ1) is 10.8. The summed E-state index contributed by atoms with van der Waals surface area (Å²) in [5, 5.41) is 9.57. The normalized spacial score (nSPS) is 14.8. The molecular formula is C16H23N3O3S. The van der Waals surface area contributed by atoms with Gasteiger partial charge in [-0.3, -0.25) is 0 Å². The summed E-state index contributed by atoms with van der Waals surface area (Å²) in [7, 11) is -3.78. The van der Waals surface area contributed by atoms with E-state index < -0.39 is 16.1 Å². The minimum atomic E-state index is -3.78. The number of sulfonamides is 1. The fourth-order valence-corrected chi connectivity index (χ4v) is 3.53. The Morgan fingerprint density at radius 1 is 1.22 bits per heavy atom. The number of hydrogen-bond donors (Lipinski definition) is 2. The molecule has 0 spiro atoms. The van der Waals surface area contributed by atoms with E-state index in [-0.39, 0.29) is 23.6 Å². The van der Waals surface area contributed by atoms with Crippen molar-refractivity contribution in [1.29, 1.82) is 0 Å². The van der Waals surface area contributed by atoms with Crippen molar-refractivity contribution in [2.45, 2.75) is 43.8 Å². The Kier molecular flexibility index (Phi) is 5.56. The highest BCUT2D eigenvalue weighted by molar-refractivity contribution is 7.89. The van der Waals surface area contributed by atoms with Crippen molar-refractivity contribution in [2.24, 2.45) is 0 Å². The number of benzene rings is 1. The Hall–Kier alpha value is -1.70. The van der Waals surface area contributed by atoms with Crippen molar-refractivity contribution >= 4 is 10.0 Å². The lowest BCUT2D eigenvalue weighted by Gasteiger charge is -2.23. The summed E-state index contributed by atoms with van der Waals surface area (Å²) in [6, 6.07) is 9.00. The Morgan fingerprint density at radius 3 is 2.39 bits per heavy atom. The third kappa shape index (κ3) is 4.19. The van der Waals surface area contributed by atoms with Crippen LogP contribution in [-0.4, -0.2) is 35.7 Å². The molecule has 0 bridgehead atoms. The van der Waals surface area contributed by atoms with Crippen molar-refractivity contribution in [1.82, 2.24) is 14.3 Å². The molecule has 0 aliphatic rings. The van der Waals surface area contributed by atoms with Crippen molar-refractivity contribution in [3.8, 4) is 0 Å². The molecule has 0 radical (unpaired) electrons. The van der Waals surface area contributed by atoms with Crippen LogP contribution >= 0.6 is 0 Å². The molecule has 2 rings (SSSR count). The van der Waals surface area contributed by atoms with Gasteiger partial charge in [0.2, 0.25) is 0 Å². The zero-order valence-corrected chi connectivity index (χ0v) is 14.4. The summed E-state index contributed by atoms with van der Waals surface area (Å²) < 4.78 is 29.2. The van der Waals surface area contributed by atoms with E-state index in [0.717, 1.165) is 5.56 Å². The summed E-state index contributed by atoms with van der Waals surface area (Å²) in [5.74, 6) is -0.164.